The maximum absolute atomic E-state index is 12.7. The molecule has 4 rings (SSSR count). The molecule has 2 aromatic carbocycles. The molecule has 0 radical (unpaired) electrons. The van der Waals surface area contributed by atoms with Gasteiger partial charge in [-0.15, -0.1) is 5.10 Å². The number of fused-ring (bicyclic) bond motifs is 1. The van der Waals surface area contributed by atoms with Crippen LogP contribution < -0.4 is 19.6 Å². The van der Waals surface area contributed by atoms with Crippen molar-refractivity contribution >= 4 is 28.4 Å². The van der Waals surface area contributed by atoms with Crippen LogP contribution in [-0.4, -0.2) is 28.3 Å². The number of rotatable bonds is 7. The lowest BCUT2D eigenvalue weighted by Gasteiger charge is -2.02. The van der Waals surface area contributed by atoms with Crippen LogP contribution in [0.5, 0.6) is 11.5 Å². The predicted octanol–water partition coefficient (Wildman–Crippen LogP) is 3.60. The van der Waals surface area contributed by atoms with E-state index < -0.39 is 0 Å². The van der Waals surface area contributed by atoms with Gasteiger partial charge in [0, 0.05) is 11.1 Å². The molecule has 0 spiro atoms. The van der Waals surface area contributed by atoms with Gasteiger partial charge in [0.05, 0.1) is 11.6 Å². The Morgan fingerprint density at radius 2 is 1.97 bits per heavy atom. The molecule has 0 bridgehead atoms. The summed E-state index contributed by atoms with van der Waals surface area (Å²) < 4.78 is 12.7. The molecule has 0 unspecified atom stereocenters. The van der Waals surface area contributed by atoms with Crippen LogP contribution in [0.2, 0.25) is 0 Å². The molecule has 0 N–H and O–H groups in total. The number of allylic oxidation sites excluding steroid dienone is 1. The van der Waals surface area contributed by atoms with Gasteiger partial charge in [-0.3, -0.25) is 4.79 Å². The first kappa shape index (κ1) is 19.6. The average Bonchev–Trinajstić information content (AvgIpc) is 3.32. The van der Waals surface area contributed by atoms with Crippen LogP contribution >= 0.6 is 11.3 Å². The van der Waals surface area contributed by atoms with Crippen molar-refractivity contribution in [2.75, 3.05) is 13.7 Å². The standard InChI is InChI=1S/C23H19N3O3S/c1-3-15-29-18-13-11-17(12-14-18)21-24-23-26(25-21)22(27)20(30-23)10-6-8-16-7-4-5-9-19(16)28-2/h3-14H,1,15H2,2H3. The van der Waals surface area contributed by atoms with Gasteiger partial charge in [0.2, 0.25) is 4.96 Å². The second-order valence-corrected chi connectivity index (χ2v) is 7.30. The highest BCUT2D eigenvalue weighted by Crippen LogP contribution is 2.21. The molecule has 2 heterocycles. The Balaban J connectivity index is 1.59. The summed E-state index contributed by atoms with van der Waals surface area (Å²) in [7, 11) is 1.63. The number of para-hydroxylation sites is 1. The van der Waals surface area contributed by atoms with Crippen LogP contribution in [0, 0.1) is 0 Å². The van der Waals surface area contributed by atoms with Crippen LogP contribution in [-0.2, 0) is 0 Å². The zero-order chi connectivity index (χ0) is 20.9. The summed E-state index contributed by atoms with van der Waals surface area (Å²) in [5.74, 6) is 2.02. The van der Waals surface area contributed by atoms with Crippen molar-refractivity contribution < 1.29 is 9.47 Å². The van der Waals surface area contributed by atoms with Crippen molar-refractivity contribution in [2.45, 2.75) is 0 Å². The molecule has 0 aliphatic carbocycles. The number of aromatic nitrogens is 3. The molecule has 0 amide bonds. The molecule has 0 atom stereocenters. The van der Waals surface area contributed by atoms with Crippen LogP contribution in [0.15, 0.2) is 72.1 Å². The van der Waals surface area contributed by atoms with Gasteiger partial charge >= 0.3 is 0 Å². The molecule has 2 aromatic heterocycles. The molecular weight excluding hydrogens is 398 g/mol. The van der Waals surface area contributed by atoms with Gasteiger partial charge in [0.1, 0.15) is 18.1 Å². The summed E-state index contributed by atoms with van der Waals surface area (Å²) in [4.78, 5) is 17.7. The minimum Gasteiger partial charge on any atom is -0.496 e. The van der Waals surface area contributed by atoms with Crippen LogP contribution in [0.4, 0.5) is 0 Å². The quantitative estimate of drug-likeness (QED) is 0.430. The third-order valence-corrected chi connectivity index (χ3v) is 5.30. The molecule has 30 heavy (non-hydrogen) atoms. The summed E-state index contributed by atoms with van der Waals surface area (Å²) in [5.41, 5.74) is 1.56. The monoisotopic (exact) mass is 417 g/mol. The Bertz CT molecular complexity index is 1320. The van der Waals surface area contributed by atoms with Crippen molar-refractivity contribution in [3.63, 3.8) is 0 Å². The number of thiazole rings is 1. The first-order valence-electron chi connectivity index (χ1n) is 9.24. The maximum Gasteiger partial charge on any atom is 0.291 e. The number of hydrogen-bond donors (Lipinski definition) is 0. The smallest absolute Gasteiger partial charge is 0.291 e. The third kappa shape index (κ3) is 4.01. The van der Waals surface area contributed by atoms with E-state index in [0.29, 0.717) is 21.9 Å². The van der Waals surface area contributed by atoms with Gasteiger partial charge in [-0.05, 0) is 36.4 Å². The molecule has 7 heteroatoms. The number of benzene rings is 2. The molecule has 0 aliphatic rings. The zero-order valence-electron chi connectivity index (χ0n) is 16.3. The fourth-order valence-electron chi connectivity index (χ4n) is 2.87. The van der Waals surface area contributed by atoms with E-state index in [1.165, 1.54) is 15.9 Å². The summed E-state index contributed by atoms with van der Waals surface area (Å²) in [6, 6.07) is 15.1. The van der Waals surface area contributed by atoms with Gasteiger partial charge < -0.3 is 9.47 Å². The molecule has 0 saturated heterocycles. The number of methoxy groups -OCH3 is 1. The minimum atomic E-state index is -0.190. The SMILES string of the molecule is C=CCOc1ccc(-c2nc3sc(=CC=Cc4ccccc4OC)c(=O)n3n2)cc1. The second-order valence-electron chi connectivity index (χ2n) is 6.29. The van der Waals surface area contributed by atoms with Gasteiger partial charge in [-0.25, -0.2) is 0 Å². The van der Waals surface area contributed by atoms with Crippen LogP contribution in [0.3, 0.4) is 0 Å². The first-order chi connectivity index (χ1) is 14.7. The molecule has 0 fully saturated rings. The average molecular weight is 417 g/mol. The Morgan fingerprint density at radius 3 is 2.70 bits per heavy atom. The molecule has 0 saturated carbocycles. The van der Waals surface area contributed by atoms with E-state index in [1.807, 2.05) is 60.7 Å². The van der Waals surface area contributed by atoms with E-state index in [4.69, 9.17) is 9.47 Å². The van der Waals surface area contributed by atoms with E-state index in [0.717, 1.165) is 22.6 Å². The Hall–Kier alpha value is -3.71. The van der Waals surface area contributed by atoms with Crippen molar-refractivity contribution in [1.82, 2.24) is 14.6 Å². The number of nitrogens with zero attached hydrogens (tertiary/aromatic N) is 3. The van der Waals surface area contributed by atoms with Gasteiger partial charge in [-0.1, -0.05) is 54.3 Å². The second kappa shape index (κ2) is 8.75. The maximum atomic E-state index is 12.7. The molecule has 0 aliphatic heterocycles. The van der Waals surface area contributed by atoms with Crippen molar-refractivity contribution in [1.29, 1.82) is 0 Å². The van der Waals surface area contributed by atoms with E-state index >= 15 is 0 Å². The minimum absolute atomic E-state index is 0.190. The fraction of sp³-hybridized carbons (Fsp3) is 0.0870. The predicted molar refractivity (Wildman–Crippen MR) is 120 cm³/mol. The molecule has 4 aromatic rings. The van der Waals surface area contributed by atoms with Crippen molar-refractivity contribution in [3.05, 3.63) is 87.7 Å². The Labute approximate surface area is 177 Å². The van der Waals surface area contributed by atoms with E-state index in [9.17, 15) is 4.79 Å². The van der Waals surface area contributed by atoms with Crippen LogP contribution in [0.25, 0.3) is 28.5 Å². The van der Waals surface area contributed by atoms with Gasteiger partial charge in [-0.2, -0.15) is 9.50 Å². The normalized spacial score (nSPS) is 12.0. The molecule has 6 nitrogen and oxygen atoms in total. The lowest BCUT2D eigenvalue weighted by Crippen LogP contribution is -2.23. The highest BCUT2D eigenvalue weighted by atomic mass is 32.1. The summed E-state index contributed by atoms with van der Waals surface area (Å²) in [6.07, 6.45) is 7.18. The van der Waals surface area contributed by atoms with Gasteiger partial charge in [0.15, 0.2) is 5.82 Å². The molecular formula is C23H19N3O3S. The zero-order valence-corrected chi connectivity index (χ0v) is 17.1. The summed E-state index contributed by atoms with van der Waals surface area (Å²) in [6.45, 7) is 4.07. The van der Waals surface area contributed by atoms with E-state index in [-0.39, 0.29) is 5.56 Å². The topological polar surface area (TPSA) is 65.7 Å². The van der Waals surface area contributed by atoms with E-state index in [1.54, 1.807) is 19.3 Å². The van der Waals surface area contributed by atoms with Gasteiger partial charge in [0.25, 0.3) is 5.56 Å². The third-order valence-electron chi connectivity index (χ3n) is 4.32. The fourth-order valence-corrected chi connectivity index (χ4v) is 3.73. The number of ether oxygens (including phenoxy) is 2. The molecule has 150 valence electrons. The lowest BCUT2D eigenvalue weighted by atomic mass is 10.2. The Morgan fingerprint density at radius 1 is 1.17 bits per heavy atom. The largest absolute Gasteiger partial charge is 0.496 e. The number of hydrogen-bond acceptors (Lipinski definition) is 6. The van der Waals surface area contributed by atoms with Crippen LogP contribution in [0.1, 0.15) is 5.56 Å². The highest BCUT2D eigenvalue weighted by molar-refractivity contribution is 7.15. The van der Waals surface area contributed by atoms with Crippen molar-refractivity contribution in [2.24, 2.45) is 0 Å². The highest BCUT2D eigenvalue weighted by Gasteiger charge is 2.11. The summed E-state index contributed by atoms with van der Waals surface area (Å²) in [5, 5.41) is 4.37. The first-order valence-corrected chi connectivity index (χ1v) is 10.1. The Kier molecular flexibility index (Phi) is 5.72. The lowest BCUT2D eigenvalue weighted by molar-refractivity contribution is 0.363. The van der Waals surface area contributed by atoms with E-state index in [2.05, 4.69) is 16.7 Å². The summed E-state index contributed by atoms with van der Waals surface area (Å²) >= 11 is 1.30. The van der Waals surface area contributed by atoms with Crippen molar-refractivity contribution in [3.8, 4) is 22.9 Å².